The highest BCUT2D eigenvalue weighted by atomic mass is 16.3. The summed E-state index contributed by atoms with van der Waals surface area (Å²) in [6.45, 7) is 13.4. The Morgan fingerprint density at radius 1 is 1.26 bits per heavy atom. The van der Waals surface area contributed by atoms with Gasteiger partial charge in [0, 0.05) is 19.1 Å². The molecule has 0 bridgehead atoms. The van der Waals surface area contributed by atoms with Crippen LogP contribution in [0.1, 0.15) is 53.4 Å². The molecule has 0 aliphatic carbocycles. The Morgan fingerprint density at radius 3 is 2.58 bits per heavy atom. The molecule has 0 aromatic rings. The van der Waals surface area contributed by atoms with Crippen LogP contribution in [0.15, 0.2) is 0 Å². The van der Waals surface area contributed by atoms with Gasteiger partial charge in [-0.1, -0.05) is 27.7 Å². The van der Waals surface area contributed by atoms with Crippen LogP contribution in [-0.2, 0) is 0 Å². The highest BCUT2D eigenvalue weighted by Gasteiger charge is 2.30. The van der Waals surface area contributed by atoms with Gasteiger partial charge in [-0.05, 0) is 50.6 Å². The summed E-state index contributed by atoms with van der Waals surface area (Å²) in [6, 6.07) is 0.560. The first-order valence-electron chi connectivity index (χ1n) is 8.20. The van der Waals surface area contributed by atoms with E-state index in [0.717, 1.165) is 44.9 Å². The second-order valence-corrected chi connectivity index (χ2v) is 6.56. The van der Waals surface area contributed by atoms with Gasteiger partial charge >= 0.3 is 0 Å². The fraction of sp³-hybridized carbons (Fsp3) is 1.00. The Bertz CT molecular complexity index is 233. The standard InChI is InChI=1S/C16H34N2O/c1-5-9-18-11-14(16(19)6-2)10-15(12-18)17-8-7-13(3)4/h13-17,19H,5-12H2,1-4H3. The van der Waals surface area contributed by atoms with Crippen LogP contribution in [0.2, 0.25) is 0 Å². The Balaban J connectivity index is 2.45. The first-order valence-corrected chi connectivity index (χ1v) is 8.20. The molecule has 0 spiro atoms. The lowest BCUT2D eigenvalue weighted by atomic mass is 9.88. The average molecular weight is 270 g/mol. The molecule has 0 saturated carbocycles. The zero-order valence-electron chi connectivity index (χ0n) is 13.4. The van der Waals surface area contributed by atoms with E-state index in [1.165, 1.54) is 12.8 Å². The summed E-state index contributed by atoms with van der Waals surface area (Å²) in [5, 5.41) is 13.8. The van der Waals surface area contributed by atoms with Crippen molar-refractivity contribution in [3.05, 3.63) is 0 Å². The maximum Gasteiger partial charge on any atom is 0.0578 e. The van der Waals surface area contributed by atoms with Gasteiger partial charge in [0.05, 0.1) is 6.10 Å². The third-order valence-electron chi connectivity index (χ3n) is 4.22. The molecule has 1 aliphatic rings. The van der Waals surface area contributed by atoms with E-state index in [4.69, 9.17) is 0 Å². The molecule has 0 aromatic heterocycles. The number of hydrogen-bond donors (Lipinski definition) is 2. The molecule has 0 radical (unpaired) electrons. The summed E-state index contributed by atoms with van der Waals surface area (Å²) >= 11 is 0. The first kappa shape index (κ1) is 16.9. The number of nitrogens with one attached hydrogen (secondary N) is 1. The predicted molar refractivity (Wildman–Crippen MR) is 82.4 cm³/mol. The van der Waals surface area contributed by atoms with Crippen molar-refractivity contribution in [2.24, 2.45) is 11.8 Å². The predicted octanol–water partition coefficient (Wildman–Crippen LogP) is 2.49. The molecule has 1 aliphatic heterocycles. The second-order valence-electron chi connectivity index (χ2n) is 6.56. The van der Waals surface area contributed by atoms with Crippen molar-refractivity contribution in [2.45, 2.75) is 65.5 Å². The van der Waals surface area contributed by atoms with E-state index < -0.39 is 0 Å². The average Bonchev–Trinajstić information content (AvgIpc) is 2.37. The van der Waals surface area contributed by atoms with Crippen LogP contribution in [0.5, 0.6) is 0 Å². The Morgan fingerprint density at radius 2 is 2.00 bits per heavy atom. The molecule has 3 nitrogen and oxygen atoms in total. The molecule has 3 unspecified atom stereocenters. The van der Waals surface area contributed by atoms with Gasteiger partial charge in [-0.15, -0.1) is 0 Å². The topological polar surface area (TPSA) is 35.5 Å². The Kier molecular flexibility index (Phi) is 7.96. The van der Waals surface area contributed by atoms with Gasteiger partial charge in [-0.25, -0.2) is 0 Å². The monoisotopic (exact) mass is 270 g/mol. The molecule has 0 amide bonds. The van der Waals surface area contributed by atoms with Crippen molar-refractivity contribution < 1.29 is 5.11 Å². The van der Waals surface area contributed by atoms with E-state index in [-0.39, 0.29) is 6.10 Å². The van der Waals surface area contributed by atoms with Gasteiger partial charge in [0.15, 0.2) is 0 Å². The molecule has 114 valence electrons. The van der Waals surface area contributed by atoms with Crippen molar-refractivity contribution >= 4 is 0 Å². The van der Waals surface area contributed by atoms with Crippen molar-refractivity contribution in [3.8, 4) is 0 Å². The van der Waals surface area contributed by atoms with E-state index in [1.54, 1.807) is 0 Å². The van der Waals surface area contributed by atoms with Crippen LogP contribution >= 0.6 is 0 Å². The minimum Gasteiger partial charge on any atom is -0.393 e. The molecule has 1 saturated heterocycles. The number of aliphatic hydroxyl groups is 1. The van der Waals surface area contributed by atoms with Crippen molar-refractivity contribution in [1.82, 2.24) is 10.2 Å². The summed E-state index contributed by atoms with van der Waals surface area (Å²) in [5.74, 6) is 1.21. The number of aliphatic hydroxyl groups excluding tert-OH is 1. The summed E-state index contributed by atoms with van der Waals surface area (Å²) < 4.78 is 0. The lowest BCUT2D eigenvalue weighted by molar-refractivity contribution is 0.0355. The van der Waals surface area contributed by atoms with Crippen molar-refractivity contribution in [2.75, 3.05) is 26.2 Å². The lowest BCUT2D eigenvalue weighted by Crippen LogP contribution is -2.52. The number of piperidine rings is 1. The van der Waals surface area contributed by atoms with E-state index in [9.17, 15) is 5.11 Å². The van der Waals surface area contributed by atoms with Gasteiger partial charge in [0.2, 0.25) is 0 Å². The van der Waals surface area contributed by atoms with Crippen molar-refractivity contribution in [1.29, 1.82) is 0 Å². The van der Waals surface area contributed by atoms with Crippen LogP contribution in [0, 0.1) is 11.8 Å². The fourth-order valence-electron chi connectivity index (χ4n) is 3.07. The maximum atomic E-state index is 10.1. The summed E-state index contributed by atoms with van der Waals surface area (Å²) in [6.07, 6.45) is 4.32. The smallest absolute Gasteiger partial charge is 0.0578 e. The quantitative estimate of drug-likeness (QED) is 0.711. The van der Waals surface area contributed by atoms with E-state index in [1.807, 2.05) is 0 Å². The van der Waals surface area contributed by atoms with Crippen LogP contribution < -0.4 is 5.32 Å². The Labute approximate surface area is 119 Å². The summed E-state index contributed by atoms with van der Waals surface area (Å²) in [5.41, 5.74) is 0. The summed E-state index contributed by atoms with van der Waals surface area (Å²) in [7, 11) is 0. The van der Waals surface area contributed by atoms with Crippen LogP contribution in [0.25, 0.3) is 0 Å². The zero-order chi connectivity index (χ0) is 14.3. The fourth-order valence-corrected chi connectivity index (χ4v) is 3.07. The van der Waals surface area contributed by atoms with Gasteiger partial charge in [-0.2, -0.15) is 0 Å². The molecule has 1 rings (SSSR count). The lowest BCUT2D eigenvalue weighted by Gasteiger charge is -2.40. The molecule has 19 heavy (non-hydrogen) atoms. The molecule has 3 heteroatoms. The molecule has 0 aromatic carbocycles. The van der Waals surface area contributed by atoms with E-state index in [2.05, 4.69) is 37.9 Å². The normalized spacial score (nSPS) is 26.8. The van der Waals surface area contributed by atoms with Gasteiger partial charge in [0.1, 0.15) is 0 Å². The van der Waals surface area contributed by atoms with E-state index >= 15 is 0 Å². The van der Waals surface area contributed by atoms with Crippen molar-refractivity contribution in [3.63, 3.8) is 0 Å². The largest absolute Gasteiger partial charge is 0.393 e. The van der Waals surface area contributed by atoms with Gasteiger partial charge < -0.3 is 15.3 Å². The molecule has 2 N–H and O–H groups in total. The van der Waals surface area contributed by atoms with Crippen LogP contribution in [0.3, 0.4) is 0 Å². The van der Waals surface area contributed by atoms with E-state index in [0.29, 0.717) is 12.0 Å². The highest BCUT2D eigenvalue weighted by molar-refractivity contribution is 4.86. The number of likely N-dealkylation sites (tertiary alicyclic amines) is 1. The molecule has 1 fully saturated rings. The van der Waals surface area contributed by atoms with Gasteiger partial charge in [0.25, 0.3) is 0 Å². The number of rotatable bonds is 8. The highest BCUT2D eigenvalue weighted by Crippen LogP contribution is 2.22. The molecule has 1 heterocycles. The second kappa shape index (κ2) is 8.93. The third-order valence-corrected chi connectivity index (χ3v) is 4.22. The van der Waals surface area contributed by atoms with Gasteiger partial charge in [-0.3, -0.25) is 0 Å². The SMILES string of the molecule is CCCN1CC(NCCC(C)C)CC(C(O)CC)C1. The third kappa shape index (κ3) is 6.24. The van der Waals surface area contributed by atoms with Crippen LogP contribution in [-0.4, -0.2) is 48.3 Å². The minimum atomic E-state index is -0.131. The maximum absolute atomic E-state index is 10.1. The van der Waals surface area contributed by atoms with Crippen LogP contribution in [0.4, 0.5) is 0 Å². The first-order chi connectivity index (χ1) is 9.06. The molecular weight excluding hydrogens is 236 g/mol. The Hall–Kier alpha value is -0.120. The number of hydrogen-bond acceptors (Lipinski definition) is 3. The molecule has 3 atom stereocenters. The minimum absolute atomic E-state index is 0.131. The summed E-state index contributed by atoms with van der Waals surface area (Å²) in [4.78, 5) is 2.53. The zero-order valence-corrected chi connectivity index (χ0v) is 13.4. The molecular formula is C16H34N2O. The number of nitrogens with zero attached hydrogens (tertiary/aromatic N) is 1.